The second kappa shape index (κ2) is 6.04. The van der Waals surface area contributed by atoms with Gasteiger partial charge in [-0.25, -0.2) is 8.78 Å². The predicted octanol–water partition coefficient (Wildman–Crippen LogP) is 3.55. The molecule has 23 heavy (non-hydrogen) atoms. The van der Waals surface area contributed by atoms with Crippen LogP contribution in [0.15, 0.2) is 65.6 Å². The number of rotatable bonds is 3. The molecular weight excluding hydrogens is 300 g/mol. The summed E-state index contributed by atoms with van der Waals surface area (Å²) in [5.74, 6) is -1.26. The van der Waals surface area contributed by atoms with Gasteiger partial charge in [-0.3, -0.25) is 4.79 Å². The van der Waals surface area contributed by atoms with Gasteiger partial charge in [0.2, 0.25) is 0 Å². The number of hydrogen-bond acceptors (Lipinski definition) is 2. The number of nitrogens with zero attached hydrogens (tertiary/aromatic N) is 1. The fourth-order valence-electron chi connectivity index (χ4n) is 2.40. The van der Waals surface area contributed by atoms with Gasteiger partial charge >= 0.3 is 0 Å². The van der Waals surface area contributed by atoms with Gasteiger partial charge in [0.1, 0.15) is 11.6 Å². The fraction of sp³-hybridized carbons (Fsp3) is 0.0556. The Bertz CT molecular complexity index is 919. The third-order valence-corrected chi connectivity index (χ3v) is 3.47. The first-order valence-corrected chi connectivity index (χ1v) is 6.97. The fourth-order valence-corrected chi connectivity index (χ4v) is 2.40. The van der Waals surface area contributed by atoms with Gasteiger partial charge in [-0.2, -0.15) is 0 Å². The highest BCUT2D eigenvalue weighted by molar-refractivity contribution is 5.63. The van der Waals surface area contributed by atoms with Gasteiger partial charge in [-0.15, -0.1) is 0 Å². The van der Waals surface area contributed by atoms with Crippen molar-refractivity contribution < 1.29 is 13.9 Å². The average Bonchev–Trinajstić information content (AvgIpc) is 2.51. The molecule has 1 N–H and O–H groups in total. The van der Waals surface area contributed by atoms with E-state index in [9.17, 15) is 18.7 Å². The second-order valence-corrected chi connectivity index (χ2v) is 5.19. The van der Waals surface area contributed by atoms with E-state index in [1.807, 2.05) is 0 Å². The molecule has 0 bridgehead atoms. The van der Waals surface area contributed by atoms with Crippen LogP contribution in [0.25, 0.3) is 11.1 Å². The summed E-state index contributed by atoms with van der Waals surface area (Å²) in [5, 5.41) is 9.84. The van der Waals surface area contributed by atoms with Gasteiger partial charge in [-0.1, -0.05) is 24.3 Å². The zero-order valence-corrected chi connectivity index (χ0v) is 12.0. The van der Waals surface area contributed by atoms with Crippen molar-refractivity contribution in [2.75, 3.05) is 0 Å². The maximum Gasteiger partial charge on any atom is 0.292 e. The molecule has 0 unspecified atom stereocenters. The van der Waals surface area contributed by atoms with Crippen molar-refractivity contribution >= 4 is 0 Å². The molecule has 0 spiro atoms. The van der Waals surface area contributed by atoms with Crippen LogP contribution in [-0.4, -0.2) is 9.67 Å². The third-order valence-electron chi connectivity index (χ3n) is 3.47. The zero-order valence-electron chi connectivity index (χ0n) is 12.0. The van der Waals surface area contributed by atoms with Crippen molar-refractivity contribution in [3.63, 3.8) is 0 Å². The van der Waals surface area contributed by atoms with Crippen molar-refractivity contribution in [2.24, 2.45) is 0 Å². The Morgan fingerprint density at radius 1 is 0.913 bits per heavy atom. The third kappa shape index (κ3) is 3.29. The molecule has 2 aromatic carbocycles. The molecule has 0 amide bonds. The van der Waals surface area contributed by atoms with E-state index in [0.29, 0.717) is 16.7 Å². The van der Waals surface area contributed by atoms with E-state index in [1.165, 1.54) is 41.1 Å². The Morgan fingerprint density at radius 3 is 2.30 bits per heavy atom. The molecule has 0 saturated carbocycles. The minimum Gasteiger partial charge on any atom is -0.503 e. The summed E-state index contributed by atoms with van der Waals surface area (Å²) < 4.78 is 27.9. The van der Waals surface area contributed by atoms with E-state index in [2.05, 4.69) is 0 Å². The lowest BCUT2D eigenvalue weighted by molar-refractivity contribution is 0.459. The number of halogens is 2. The van der Waals surface area contributed by atoms with Gasteiger partial charge in [0.25, 0.3) is 5.56 Å². The largest absolute Gasteiger partial charge is 0.503 e. The maximum atomic E-state index is 13.4. The van der Waals surface area contributed by atoms with Crippen molar-refractivity contribution in [3.05, 3.63) is 88.3 Å². The quantitative estimate of drug-likeness (QED) is 0.803. The van der Waals surface area contributed by atoms with Gasteiger partial charge in [0.15, 0.2) is 5.75 Å². The van der Waals surface area contributed by atoms with E-state index in [1.54, 1.807) is 24.3 Å². The van der Waals surface area contributed by atoms with Crippen LogP contribution in [0.3, 0.4) is 0 Å². The monoisotopic (exact) mass is 313 g/mol. The molecule has 3 nitrogen and oxygen atoms in total. The molecule has 0 fully saturated rings. The van der Waals surface area contributed by atoms with E-state index < -0.39 is 22.9 Å². The predicted molar refractivity (Wildman–Crippen MR) is 83.3 cm³/mol. The molecule has 0 aliphatic carbocycles. The number of aromatic nitrogens is 1. The van der Waals surface area contributed by atoms with Gasteiger partial charge in [0.05, 0.1) is 6.54 Å². The Balaban J connectivity index is 2.05. The summed E-state index contributed by atoms with van der Waals surface area (Å²) in [6.45, 7) is 0.104. The standard InChI is InChI=1S/C18H13F2NO2/c19-15-5-1-3-12(7-15)10-21-11-14(9-17(22)18(21)23)13-4-2-6-16(20)8-13/h1-9,11,22H,10H2. The van der Waals surface area contributed by atoms with Gasteiger partial charge in [0, 0.05) is 11.8 Å². The topological polar surface area (TPSA) is 42.2 Å². The Morgan fingerprint density at radius 2 is 1.61 bits per heavy atom. The molecule has 3 rings (SSSR count). The summed E-state index contributed by atoms with van der Waals surface area (Å²) >= 11 is 0. The van der Waals surface area contributed by atoms with Crippen LogP contribution in [0.5, 0.6) is 5.75 Å². The first-order valence-electron chi connectivity index (χ1n) is 6.97. The van der Waals surface area contributed by atoms with E-state index in [-0.39, 0.29) is 6.54 Å². The van der Waals surface area contributed by atoms with Crippen molar-refractivity contribution in [1.29, 1.82) is 0 Å². The van der Waals surface area contributed by atoms with Crippen molar-refractivity contribution in [2.45, 2.75) is 6.54 Å². The SMILES string of the molecule is O=c1c(O)cc(-c2cccc(F)c2)cn1Cc1cccc(F)c1. The van der Waals surface area contributed by atoms with Crippen LogP contribution >= 0.6 is 0 Å². The summed E-state index contributed by atoms with van der Waals surface area (Å²) in [6, 6.07) is 13.0. The van der Waals surface area contributed by atoms with Crippen molar-refractivity contribution in [3.8, 4) is 16.9 Å². The minimum atomic E-state index is -0.589. The second-order valence-electron chi connectivity index (χ2n) is 5.19. The molecule has 0 radical (unpaired) electrons. The Labute approximate surface area is 131 Å². The number of hydrogen-bond donors (Lipinski definition) is 1. The lowest BCUT2D eigenvalue weighted by Gasteiger charge is -2.10. The zero-order chi connectivity index (χ0) is 16.4. The van der Waals surface area contributed by atoms with E-state index in [4.69, 9.17) is 0 Å². The Hall–Kier alpha value is -2.95. The molecule has 0 saturated heterocycles. The molecule has 0 atom stereocenters. The first kappa shape index (κ1) is 15.0. The van der Waals surface area contributed by atoms with Crippen LogP contribution in [-0.2, 0) is 6.54 Å². The van der Waals surface area contributed by atoms with Crippen LogP contribution in [0.2, 0.25) is 0 Å². The van der Waals surface area contributed by atoms with Crippen LogP contribution in [0.4, 0.5) is 8.78 Å². The van der Waals surface area contributed by atoms with E-state index >= 15 is 0 Å². The maximum absolute atomic E-state index is 13.4. The molecule has 1 heterocycles. The lowest BCUT2D eigenvalue weighted by atomic mass is 10.1. The molecule has 5 heteroatoms. The van der Waals surface area contributed by atoms with Gasteiger partial charge in [-0.05, 0) is 41.5 Å². The molecule has 3 aromatic rings. The smallest absolute Gasteiger partial charge is 0.292 e. The average molecular weight is 313 g/mol. The number of pyridine rings is 1. The lowest BCUT2D eigenvalue weighted by Crippen LogP contribution is -2.20. The van der Waals surface area contributed by atoms with Crippen LogP contribution in [0, 0.1) is 11.6 Å². The van der Waals surface area contributed by atoms with Gasteiger partial charge < -0.3 is 9.67 Å². The molecular formula is C18H13F2NO2. The molecule has 1 aromatic heterocycles. The molecule has 116 valence electrons. The summed E-state index contributed by atoms with van der Waals surface area (Å²) in [6.07, 6.45) is 1.52. The molecule has 0 aliphatic heterocycles. The number of aromatic hydroxyl groups is 1. The first-order chi connectivity index (χ1) is 11.0. The number of benzene rings is 2. The highest BCUT2D eigenvalue weighted by Gasteiger charge is 2.09. The van der Waals surface area contributed by atoms with Crippen molar-refractivity contribution in [1.82, 2.24) is 4.57 Å². The summed E-state index contributed by atoms with van der Waals surface area (Å²) in [5.41, 5.74) is 1.03. The minimum absolute atomic E-state index is 0.104. The molecule has 0 aliphatic rings. The summed E-state index contributed by atoms with van der Waals surface area (Å²) in [7, 11) is 0. The van der Waals surface area contributed by atoms with E-state index in [0.717, 1.165) is 0 Å². The summed E-state index contributed by atoms with van der Waals surface area (Å²) in [4.78, 5) is 12.1. The van der Waals surface area contributed by atoms with Crippen LogP contribution < -0.4 is 5.56 Å². The van der Waals surface area contributed by atoms with Crippen LogP contribution in [0.1, 0.15) is 5.56 Å². The normalized spacial score (nSPS) is 10.7. The highest BCUT2D eigenvalue weighted by atomic mass is 19.1. The highest BCUT2D eigenvalue weighted by Crippen LogP contribution is 2.22. The Kier molecular flexibility index (Phi) is 3.93.